The van der Waals surface area contributed by atoms with Gasteiger partial charge in [0.05, 0.1) is 22.4 Å². The molecule has 0 amide bonds. The first-order valence-electron chi connectivity index (χ1n) is 26.1. The Morgan fingerprint density at radius 1 is 0.311 bits per heavy atom. The molecule has 0 N–H and O–H groups in total. The smallest absolute Gasteiger partial charge is 0.0541 e. The first kappa shape index (κ1) is 45.2. The number of anilines is 3. The van der Waals surface area contributed by atoms with Crippen molar-refractivity contribution in [3.05, 3.63) is 254 Å². The monoisotopic (exact) mass is 950 g/mol. The van der Waals surface area contributed by atoms with E-state index >= 15 is 0 Å². The lowest BCUT2D eigenvalue weighted by molar-refractivity contribution is 0.590. The molecule has 1 heterocycles. The summed E-state index contributed by atoms with van der Waals surface area (Å²) < 4.78 is 2.53. The molecule has 2 heteroatoms. The van der Waals surface area contributed by atoms with Crippen molar-refractivity contribution in [2.45, 2.75) is 52.4 Å². The Bertz CT molecular complexity index is 4150. The van der Waals surface area contributed by atoms with Gasteiger partial charge >= 0.3 is 0 Å². The maximum absolute atomic E-state index is 2.53. The summed E-state index contributed by atoms with van der Waals surface area (Å²) in [5, 5.41) is 10.1. The summed E-state index contributed by atoms with van der Waals surface area (Å²) >= 11 is 0. The van der Waals surface area contributed by atoms with Gasteiger partial charge in [0.15, 0.2) is 0 Å². The lowest BCUT2D eigenvalue weighted by Crippen LogP contribution is -2.11. The van der Waals surface area contributed by atoms with Gasteiger partial charge in [0.2, 0.25) is 0 Å². The molecule has 0 saturated heterocycles. The third-order valence-corrected chi connectivity index (χ3v) is 15.5. The van der Waals surface area contributed by atoms with Crippen molar-refractivity contribution in [1.82, 2.24) is 4.57 Å². The zero-order valence-electron chi connectivity index (χ0n) is 43.0. The molecule has 0 saturated carbocycles. The molecular weight excluding hydrogens is 893 g/mol. The Morgan fingerprint density at radius 2 is 0.770 bits per heavy atom. The van der Waals surface area contributed by atoms with Crippen LogP contribution in [0.3, 0.4) is 0 Å². The average molecular weight is 951 g/mol. The number of rotatable bonds is 8. The fourth-order valence-electron chi connectivity index (χ4n) is 11.5. The zero-order chi connectivity index (χ0) is 50.3. The molecule has 13 aromatic rings. The van der Waals surface area contributed by atoms with E-state index < -0.39 is 0 Å². The normalized spacial score (nSPS) is 12.2. The van der Waals surface area contributed by atoms with Crippen molar-refractivity contribution < 1.29 is 0 Å². The molecule has 0 atom stereocenters. The van der Waals surface area contributed by atoms with E-state index in [9.17, 15) is 0 Å². The Kier molecular flexibility index (Phi) is 10.7. The quantitative estimate of drug-likeness (QED) is 0.138. The number of hydrogen-bond donors (Lipinski definition) is 0. The first-order valence-corrected chi connectivity index (χ1v) is 26.1. The van der Waals surface area contributed by atoms with Crippen LogP contribution in [0, 0.1) is 0 Å². The van der Waals surface area contributed by atoms with Crippen molar-refractivity contribution >= 4 is 71.2 Å². The van der Waals surface area contributed by atoms with Crippen molar-refractivity contribution in [2.75, 3.05) is 4.90 Å². The Balaban J connectivity index is 1.00. The third kappa shape index (κ3) is 7.72. The predicted molar refractivity (Wildman–Crippen MR) is 318 cm³/mol. The van der Waals surface area contributed by atoms with E-state index in [-0.39, 0.29) is 10.8 Å². The van der Waals surface area contributed by atoms with E-state index in [1.54, 1.807) is 0 Å². The van der Waals surface area contributed by atoms with Crippen LogP contribution < -0.4 is 4.90 Å². The van der Waals surface area contributed by atoms with Crippen molar-refractivity contribution in [3.8, 4) is 50.2 Å². The molecule has 0 spiro atoms. The highest BCUT2D eigenvalue weighted by Crippen LogP contribution is 2.47. The van der Waals surface area contributed by atoms with Gasteiger partial charge in [-0.3, -0.25) is 0 Å². The van der Waals surface area contributed by atoms with Crippen LogP contribution in [0.15, 0.2) is 243 Å². The summed E-state index contributed by atoms with van der Waals surface area (Å²) in [6, 6.07) is 90.3. The lowest BCUT2D eigenvalue weighted by Gasteiger charge is -2.28. The second-order valence-electron chi connectivity index (χ2n) is 22.2. The fourth-order valence-corrected chi connectivity index (χ4v) is 11.5. The second kappa shape index (κ2) is 17.5. The van der Waals surface area contributed by atoms with Crippen LogP contribution in [0.2, 0.25) is 0 Å². The highest BCUT2D eigenvalue weighted by atomic mass is 15.1. The van der Waals surface area contributed by atoms with Gasteiger partial charge in [0, 0.05) is 32.9 Å². The molecule has 0 aliphatic heterocycles. The molecule has 356 valence electrons. The maximum Gasteiger partial charge on any atom is 0.0541 e. The fraction of sp³-hybridized carbons (Fsp3) is 0.111. The molecule has 2 nitrogen and oxygen atoms in total. The molecule has 0 aliphatic carbocycles. The number of fused-ring (bicyclic) bond motifs is 3. The summed E-state index contributed by atoms with van der Waals surface area (Å²) in [7, 11) is 0. The minimum atomic E-state index is 0.0218. The van der Waals surface area contributed by atoms with Crippen LogP contribution in [-0.2, 0) is 10.8 Å². The van der Waals surface area contributed by atoms with Gasteiger partial charge in [-0.1, -0.05) is 224 Å². The molecule has 0 radical (unpaired) electrons. The Hall–Kier alpha value is -8.72. The van der Waals surface area contributed by atoms with Crippen molar-refractivity contribution in [3.63, 3.8) is 0 Å². The summed E-state index contributed by atoms with van der Waals surface area (Å²) in [5.74, 6) is 0. The standard InChI is InChI=1S/C72H58N2/c1-71(2,3)55-34-42-67-63(45-55)64-46-56(72(4,5)6)35-43-68(64)74(67)66-41-33-53-30-38-61-65(40-32-52-31-39-62(66)70(53)69(52)61)73(57-36-28-50(29-37-57)49-26-24-48(25-27-49)47-16-9-7-10-17-47)58-21-15-20-54(44-58)60-23-14-13-22-59(60)51-18-11-8-12-19-51/h7-46H,1-6H3. The highest BCUT2D eigenvalue weighted by molar-refractivity contribution is 6.27. The molecule has 1 aromatic heterocycles. The predicted octanol–water partition coefficient (Wildman–Crippen LogP) is 20.4. The van der Waals surface area contributed by atoms with E-state index in [4.69, 9.17) is 0 Å². The molecule has 0 bridgehead atoms. The van der Waals surface area contributed by atoms with Gasteiger partial charge in [0.25, 0.3) is 0 Å². The number of benzene rings is 12. The van der Waals surface area contributed by atoms with Gasteiger partial charge in [-0.05, 0) is 149 Å². The van der Waals surface area contributed by atoms with E-state index in [2.05, 4.69) is 294 Å². The molecule has 0 fully saturated rings. The lowest BCUT2D eigenvalue weighted by atomic mass is 9.85. The maximum atomic E-state index is 2.53. The minimum Gasteiger partial charge on any atom is -0.310 e. The molecule has 0 aliphatic rings. The molecule has 12 aromatic carbocycles. The summed E-state index contributed by atoms with van der Waals surface area (Å²) in [6.07, 6.45) is 0. The Morgan fingerprint density at radius 3 is 1.35 bits per heavy atom. The molecule has 0 unspecified atom stereocenters. The van der Waals surface area contributed by atoms with Gasteiger partial charge in [0.1, 0.15) is 0 Å². The summed E-state index contributed by atoms with van der Waals surface area (Å²) in [6.45, 7) is 13.9. The largest absolute Gasteiger partial charge is 0.310 e. The number of hydrogen-bond acceptors (Lipinski definition) is 1. The molecule has 13 rings (SSSR count). The topological polar surface area (TPSA) is 8.17 Å². The second-order valence-corrected chi connectivity index (χ2v) is 22.2. The number of aromatic nitrogens is 1. The SMILES string of the molecule is CC(C)(C)c1ccc2c(c1)c1cc(C(C)(C)C)ccc1n2-c1ccc2ccc3c(N(c4ccc(-c5ccc(-c6ccccc6)cc5)cc4)c4cccc(-c5ccccc5-c5ccccc5)c4)ccc4ccc1c2c43. The highest BCUT2D eigenvalue weighted by Gasteiger charge is 2.24. The van der Waals surface area contributed by atoms with Gasteiger partial charge in [-0.15, -0.1) is 0 Å². The van der Waals surface area contributed by atoms with Crippen molar-refractivity contribution in [1.29, 1.82) is 0 Å². The van der Waals surface area contributed by atoms with E-state index in [1.165, 1.54) is 115 Å². The number of nitrogens with zero attached hydrogens (tertiary/aromatic N) is 2. The molecule has 74 heavy (non-hydrogen) atoms. The van der Waals surface area contributed by atoms with Crippen LogP contribution in [0.25, 0.3) is 104 Å². The van der Waals surface area contributed by atoms with Gasteiger partial charge in [-0.2, -0.15) is 0 Å². The zero-order valence-corrected chi connectivity index (χ0v) is 43.0. The van der Waals surface area contributed by atoms with Crippen LogP contribution in [0.4, 0.5) is 17.1 Å². The first-order chi connectivity index (χ1) is 36.0. The summed E-state index contributed by atoms with van der Waals surface area (Å²) in [4.78, 5) is 2.47. The van der Waals surface area contributed by atoms with E-state index in [0.29, 0.717) is 0 Å². The van der Waals surface area contributed by atoms with Gasteiger partial charge < -0.3 is 9.47 Å². The van der Waals surface area contributed by atoms with E-state index in [1.807, 2.05) is 0 Å². The third-order valence-electron chi connectivity index (χ3n) is 15.5. The van der Waals surface area contributed by atoms with E-state index in [0.717, 1.165) is 17.1 Å². The average Bonchev–Trinajstić information content (AvgIpc) is 3.76. The van der Waals surface area contributed by atoms with Crippen LogP contribution in [0.1, 0.15) is 52.7 Å². The molecular formula is C72H58N2. The van der Waals surface area contributed by atoms with Crippen LogP contribution >= 0.6 is 0 Å². The van der Waals surface area contributed by atoms with Crippen LogP contribution in [0.5, 0.6) is 0 Å². The minimum absolute atomic E-state index is 0.0218. The van der Waals surface area contributed by atoms with Gasteiger partial charge in [-0.25, -0.2) is 0 Å². The van der Waals surface area contributed by atoms with Crippen LogP contribution in [-0.4, -0.2) is 4.57 Å². The van der Waals surface area contributed by atoms with Crippen molar-refractivity contribution in [2.24, 2.45) is 0 Å². The Labute approximate surface area is 434 Å². The summed E-state index contributed by atoms with van der Waals surface area (Å²) in [5.41, 5.74) is 19.3.